The fourth-order valence-corrected chi connectivity index (χ4v) is 2.77. The molecule has 0 saturated carbocycles. The molecule has 1 aromatic carbocycles. The van der Waals surface area contributed by atoms with Crippen molar-refractivity contribution in [1.29, 1.82) is 0 Å². The van der Waals surface area contributed by atoms with Gasteiger partial charge in [0, 0.05) is 19.3 Å². The summed E-state index contributed by atoms with van der Waals surface area (Å²) in [6.07, 6.45) is 1.07. The quantitative estimate of drug-likeness (QED) is 0.926. The number of carbonyl (C=O) groups excluding carboxylic acids is 1. The van der Waals surface area contributed by atoms with E-state index < -0.39 is 0 Å². The van der Waals surface area contributed by atoms with E-state index >= 15 is 0 Å². The maximum atomic E-state index is 12.6. The summed E-state index contributed by atoms with van der Waals surface area (Å²) in [5.74, 6) is 0.137. The van der Waals surface area contributed by atoms with E-state index in [4.69, 9.17) is 5.73 Å². The number of nitrogens with two attached hydrogens (primary N) is 1. The summed E-state index contributed by atoms with van der Waals surface area (Å²) >= 11 is 0. The van der Waals surface area contributed by atoms with Crippen LogP contribution >= 0.6 is 12.4 Å². The van der Waals surface area contributed by atoms with Crippen LogP contribution in [0.4, 0.5) is 5.69 Å². The summed E-state index contributed by atoms with van der Waals surface area (Å²) in [5.41, 5.74) is 6.92. The molecule has 0 aliphatic carbocycles. The average molecular weight is 312 g/mol. The van der Waals surface area contributed by atoms with Crippen molar-refractivity contribution in [3.63, 3.8) is 0 Å². The molecule has 2 atom stereocenters. The SMILES string of the molecule is CC(C(=O)N(C)c1ccccc1)N1CCC(C)(CN)C1.Cl. The van der Waals surface area contributed by atoms with Crippen LogP contribution in [0.25, 0.3) is 0 Å². The lowest BCUT2D eigenvalue weighted by atomic mass is 9.90. The molecular weight excluding hydrogens is 286 g/mol. The number of para-hydroxylation sites is 1. The molecule has 0 spiro atoms. The van der Waals surface area contributed by atoms with Gasteiger partial charge in [0.25, 0.3) is 0 Å². The molecule has 1 aliphatic rings. The number of amides is 1. The number of rotatable bonds is 4. The Balaban J connectivity index is 0.00000220. The molecule has 1 fully saturated rings. The highest BCUT2D eigenvalue weighted by Gasteiger charge is 2.37. The predicted octanol–water partition coefficient (Wildman–Crippen LogP) is 2.13. The largest absolute Gasteiger partial charge is 0.330 e. The van der Waals surface area contributed by atoms with Crippen molar-refractivity contribution < 1.29 is 4.79 Å². The monoisotopic (exact) mass is 311 g/mol. The molecule has 0 aromatic heterocycles. The Morgan fingerprint density at radius 2 is 2.05 bits per heavy atom. The lowest BCUT2D eigenvalue weighted by molar-refractivity contribution is -0.122. The minimum Gasteiger partial charge on any atom is -0.330 e. The predicted molar refractivity (Wildman–Crippen MR) is 89.9 cm³/mol. The van der Waals surface area contributed by atoms with E-state index in [2.05, 4.69) is 11.8 Å². The fourth-order valence-electron chi connectivity index (χ4n) is 2.77. The molecule has 118 valence electrons. The van der Waals surface area contributed by atoms with Gasteiger partial charge in [-0.2, -0.15) is 0 Å². The highest BCUT2D eigenvalue weighted by molar-refractivity contribution is 5.96. The number of likely N-dealkylation sites (tertiary alicyclic amines) is 1. The smallest absolute Gasteiger partial charge is 0.243 e. The van der Waals surface area contributed by atoms with Crippen LogP contribution in [0.3, 0.4) is 0 Å². The zero-order valence-electron chi connectivity index (χ0n) is 13.1. The van der Waals surface area contributed by atoms with E-state index in [1.807, 2.05) is 44.3 Å². The maximum absolute atomic E-state index is 12.6. The van der Waals surface area contributed by atoms with Gasteiger partial charge in [0.15, 0.2) is 0 Å². The zero-order valence-corrected chi connectivity index (χ0v) is 13.9. The molecule has 1 heterocycles. The highest BCUT2D eigenvalue weighted by atomic mass is 35.5. The Bertz CT molecular complexity index is 468. The van der Waals surface area contributed by atoms with Crippen LogP contribution in [0.15, 0.2) is 30.3 Å². The molecule has 2 rings (SSSR count). The van der Waals surface area contributed by atoms with Gasteiger partial charge < -0.3 is 10.6 Å². The molecule has 0 radical (unpaired) electrons. The Labute approximate surface area is 133 Å². The van der Waals surface area contributed by atoms with Crippen molar-refractivity contribution >= 4 is 24.0 Å². The van der Waals surface area contributed by atoms with Crippen LogP contribution in [0.1, 0.15) is 20.3 Å². The van der Waals surface area contributed by atoms with Gasteiger partial charge in [0.2, 0.25) is 5.91 Å². The second-order valence-corrected chi connectivity index (χ2v) is 6.14. The van der Waals surface area contributed by atoms with Crippen LogP contribution in [0.2, 0.25) is 0 Å². The van der Waals surface area contributed by atoms with E-state index in [1.54, 1.807) is 4.90 Å². The van der Waals surface area contributed by atoms with Gasteiger partial charge in [-0.05, 0) is 44.0 Å². The number of anilines is 1. The lowest BCUT2D eigenvalue weighted by Crippen LogP contribution is -2.46. The van der Waals surface area contributed by atoms with Crippen molar-refractivity contribution in [2.45, 2.75) is 26.3 Å². The summed E-state index contributed by atoms with van der Waals surface area (Å²) in [7, 11) is 1.84. The first-order valence-corrected chi connectivity index (χ1v) is 7.23. The molecule has 5 heteroatoms. The first-order valence-electron chi connectivity index (χ1n) is 7.23. The van der Waals surface area contributed by atoms with Crippen LogP contribution in [-0.2, 0) is 4.79 Å². The number of hydrogen-bond donors (Lipinski definition) is 1. The normalized spacial score (nSPS) is 23.4. The van der Waals surface area contributed by atoms with E-state index in [-0.39, 0.29) is 29.8 Å². The van der Waals surface area contributed by atoms with Crippen molar-refractivity contribution in [2.24, 2.45) is 11.1 Å². The van der Waals surface area contributed by atoms with Crippen molar-refractivity contribution in [1.82, 2.24) is 4.90 Å². The number of carbonyl (C=O) groups is 1. The Hall–Kier alpha value is -1.10. The number of nitrogens with zero attached hydrogens (tertiary/aromatic N) is 2. The lowest BCUT2D eigenvalue weighted by Gasteiger charge is -2.29. The van der Waals surface area contributed by atoms with E-state index in [0.29, 0.717) is 6.54 Å². The summed E-state index contributed by atoms with van der Waals surface area (Å²) in [6.45, 7) is 6.72. The highest BCUT2D eigenvalue weighted by Crippen LogP contribution is 2.30. The zero-order chi connectivity index (χ0) is 14.8. The number of hydrogen-bond acceptors (Lipinski definition) is 3. The first kappa shape index (κ1) is 18.0. The summed E-state index contributed by atoms with van der Waals surface area (Å²) < 4.78 is 0. The minimum atomic E-state index is -0.103. The molecule has 1 aliphatic heterocycles. The van der Waals surface area contributed by atoms with Gasteiger partial charge in [-0.3, -0.25) is 9.69 Å². The van der Waals surface area contributed by atoms with Crippen LogP contribution in [0.5, 0.6) is 0 Å². The summed E-state index contributed by atoms with van der Waals surface area (Å²) in [5, 5.41) is 0. The molecule has 2 N–H and O–H groups in total. The molecule has 1 aromatic rings. The standard InChI is InChI=1S/C16H25N3O.ClH/c1-13(19-10-9-16(2,11-17)12-19)15(20)18(3)14-7-5-4-6-8-14;/h4-8,13H,9-12,17H2,1-3H3;1H. The van der Waals surface area contributed by atoms with Crippen LogP contribution in [-0.4, -0.2) is 43.5 Å². The third kappa shape index (κ3) is 3.96. The molecule has 21 heavy (non-hydrogen) atoms. The maximum Gasteiger partial charge on any atom is 0.243 e. The van der Waals surface area contributed by atoms with E-state index in [1.165, 1.54) is 0 Å². The van der Waals surface area contributed by atoms with Crippen LogP contribution in [0, 0.1) is 5.41 Å². The molecule has 1 saturated heterocycles. The fraction of sp³-hybridized carbons (Fsp3) is 0.562. The van der Waals surface area contributed by atoms with Gasteiger partial charge in [0.05, 0.1) is 6.04 Å². The van der Waals surface area contributed by atoms with Crippen LogP contribution < -0.4 is 10.6 Å². The Morgan fingerprint density at radius 1 is 1.43 bits per heavy atom. The Kier molecular flexibility index (Phi) is 6.20. The third-order valence-electron chi connectivity index (χ3n) is 4.46. The topological polar surface area (TPSA) is 49.6 Å². The summed E-state index contributed by atoms with van der Waals surface area (Å²) in [6, 6.07) is 9.67. The molecule has 4 nitrogen and oxygen atoms in total. The van der Waals surface area contributed by atoms with Crippen molar-refractivity contribution in [3.8, 4) is 0 Å². The van der Waals surface area contributed by atoms with Crippen molar-refractivity contribution in [3.05, 3.63) is 30.3 Å². The Morgan fingerprint density at radius 3 is 2.57 bits per heavy atom. The number of likely N-dealkylation sites (N-methyl/N-ethyl adjacent to an activating group) is 1. The molecule has 2 unspecified atom stereocenters. The number of benzene rings is 1. The number of halogens is 1. The van der Waals surface area contributed by atoms with Gasteiger partial charge in [-0.1, -0.05) is 25.1 Å². The minimum absolute atomic E-state index is 0. The summed E-state index contributed by atoms with van der Waals surface area (Å²) in [4.78, 5) is 16.6. The van der Waals surface area contributed by atoms with E-state index in [9.17, 15) is 4.79 Å². The average Bonchev–Trinajstić information content (AvgIpc) is 2.89. The second kappa shape index (κ2) is 7.25. The second-order valence-electron chi connectivity index (χ2n) is 6.14. The molecule has 0 bridgehead atoms. The molecular formula is C16H26ClN3O. The van der Waals surface area contributed by atoms with Gasteiger partial charge >= 0.3 is 0 Å². The van der Waals surface area contributed by atoms with Gasteiger partial charge in [0.1, 0.15) is 0 Å². The molecule has 1 amide bonds. The third-order valence-corrected chi connectivity index (χ3v) is 4.46. The van der Waals surface area contributed by atoms with Crippen molar-refractivity contribution in [2.75, 3.05) is 31.6 Å². The first-order chi connectivity index (χ1) is 9.47. The van der Waals surface area contributed by atoms with E-state index in [0.717, 1.165) is 25.2 Å². The van der Waals surface area contributed by atoms with Gasteiger partial charge in [-0.25, -0.2) is 0 Å². The van der Waals surface area contributed by atoms with Gasteiger partial charge in [-0.15, -0.1) is 12.4 Å².